The molecule has 0 bridgehead atoms. The van der Waals surface area contributed by atoms with Crippen LogP contribution in [0.3, 0.4) is 0 Å². The van der Waals surface area contributed by atoms with Crippen LogP contribution in [0.5, 0.6) is 0 Å². The second-order valence-electron chi connectivity index (χ2n) is 6.73. The van der Waals surface area contributed by atoms with E-state index in [4.69, 9.17) is 0 Å². The van der Waals surface area contributed by atoms with Crippen molar-refractivity contribution in [3.8, 4) is 0 Å². The molecule has 2 amide bonds. The summed E-state index contributed by atoms with van der Waals surface area (Å²) in [7, 11) is 6.82. The zero-order valence-electron chi connectivity index (χ0n) is 17.0. The zero-order chi connectivity index (χ0) is 19.8. The molecule has 0 radical (unpaired) electrons. The number of halogens is 1. The molecular weight excluding hydrogens is 473 g/mol. The van der Waals surface area contributed by atoms with Crippen molar-refractivity contribution < 1.29 is 9.59 Å². The molecule has 1 saturated heterocycles. The molecule has 0 spiro atoms. The lowest BCUT2D eigenvalue weighted by Crippen LogP contribution is -2.54. The Bertz CT molecular complexity index is 659. The molecule has 0 atom stereocenters. The van der Waals surface area contributed by atoms with E-state index >= 15 is 0 Å². The SMILES string of the molecule is CN(C)C(=O)CN=C(NCC(=O)N(C)C)N1CCN(c2ccccn2)CC1.I. The van der Waals surface area contributed by atoms with Gasteiger partial charge in [-0.3, -0.25) is 9.59 Å². The molecule has 0 aromatic carbocycles. The fourth-order valence-electron chi connectivity index (χ4n) is 2.55. The van der Waals surface area contributed by atoms with Crippen molar-refractivity contribution in [3.05, 3.63) is 24.4 Å². The molecule has 2 rings (SSSR count). The van der Waals surface area contributed by atoms with E-state index in [1.807, 2.05) is 18.2 Å². The second-order valence-corrected chi connectivity index (χ2v) is 6.73. The molecule has 1 N–H and O–H groups in total. The van der Waals surface area contributed by atoms with Crippen LogP contribution in [0, 0.1) is 0 Å². The van der Waals surface area contributed by atoms with Gasteiger partial charge < -0.3 is 24.9 Å². The molecule has 1 aromatic rings. The van der Waals surface area contributed by atoms with Crippen LogP contribution in [-0.4, -0.2) is 105 Å². The summed E-state index contributed by atoms with van der Waals surface area (Å²) in [5.74, 6) is 1.41. The highest BCUT2D eigenvalue weighted by molar-refractivity contribution is 14.0. The average Bonchev–Trinajstić information content (AvgIpc) is 2.68. The van der Waals surface area contributed by atoms with E-state index < -0.39 is 0 Å². The first kappa shape index (κ1) is 23.9. The lowest BCUT2D eigenvalue weighted by Gasteiger charge is -2.37. The standard InChI is InChI=1S/C18H29N7O2.HI/c1-22(2)16(26)13-20-18(21-14-17(27)23(3)4)25-11-9-24(10-12-25)15-7-5-6-8-19-15;/h5-8H,9-14H2,1-4H3,(H,20,21);1H. The summed E-state index contributed by atoms with van der Waals surface area (Å²) >= 11 is 0. The Balaban J connectivity index is 0.00000392. The largest absolute Gasteiger partial charge is 0.353 e. The predicted molar refractivity (Wildman–Crippen MR) is 121 cm³/mol. The molecule has 0 aliphatic carbocycles. The number of carbonyl (C=O) groups is 2. The monoisotopic (exact) mass is 503 g/mol. The molecule has 0 saturated carbocycles. The molecule has 1 aliphatic rings. The average molecular weight is 503 g/mol. The number of nitrogens with one attached hydrogen (secondary N) is 1. The van der Waals surface area contributed by atoms with Crippen LogP contribution < -0.4 is 10.2 Å². The minimum absolute atomic E-state index is 0. The van der Waals surface area contributed by atoms with E-state index in [0.717, 1.165) is 32.0 Å². The molecule has 0 unspecified atom stereocenters. The summed E-state index contributed by atoms with van der Waals surface area (Å²) in [5, 5.41) is 3.10. The smallest absolute Gasteiger partial charge is 0.243 e. The Morgan fingerprint density at radius 3 is 2.25 bits per heavy atom. The number of guanidine groups is 1. The third-order valence-corrected chi connectivity index (χ3v) is 4.31. The summed E-state index contributed by atoms with van der Waals surface area (Å²) < 4.78 is 0. The lowest BCUT2D eigenvalue weighted by molar-refractivity contribution is -0.127. The summed E-state index contributed by atoms with van der Waals surface area (Å²) in [6, 6.07) is 5.87. The first-order chi connectivity index (χ1) is 12.9. The fourth-order valence-corrected chi connectivity index (χ4v) is 2.55. The Hall–Kier alpha value is -2.11. The number of nitrogens with zero attached hydrogens (tertiary/aromatic N) is 6. The van der Waals surface area contributed by atoms with E-state index in [2.05, 4.69) is 25.1 Å². The van der Waals surface area contributed by atoms with Gasteiger partial charge in [0.05, 0.1) is 6.54 Å². The number of pyridine rings is 1. The van der Waals surface area contributed by atoms with Crippen LogP contribution >= 0.6 is 24.0 Å². The fraction of sp³-hybridized carbons (Fsp3) is 0.556. The van der Waals surface area contributed by atoms with Gasteiger partial charge in [0, 0.05) is 60.6 Å². The number of amides is 2. The van der Waals surface area contributed by atoms with Crippen molar-refractivity contribution in [2.75, 3.05) is 72.4 Å². The van der Waals surface area contributed by atoms with Gasteiger partial charge in [-0.15, -0.1) is 24.0 Å². The zero-order valence-corrected chi connectivity index (χ0v) is 19.3. The van der Waals surface area contributed by atoms with Crippen molar-refractivity contribution in [1.82, 2.24) is 25.0 Å². The number of hydrogen-bond donors (Lipinski definition) is 1. The number of likely N-dealkylation sites (N-methyl/N-ethyl adjacent to an activating group) is 2. The molecule has 1 aliphatic heterocycles. The first-order valence-electron chi connectivity index (χ1n) is 8.98. The minimum atomic E-state index is -0.0830. The molecule has 1 aromatic heterocycles. The Morgan fingerprint density at radius 1 is 1.07 bits per heavy atom. The van der Waals surface area contributed by atoms with Crippen molar-refractivity contribution in [3.63, 3.8) is 0 Å². The maximum absolute atomic E-state index is 11.9. The highest BCUT2D eigenvalue weighted by Crippen LogP contribution is 2.12. The highest BCUT2D eigenvalue weighted by Gasteiger charge is 2.21. The number of hydrogen-bond acceptors (Lipinski definition) is 5. The number of rotatable bonds is 5. The van der Waals surface area contributed by atoms with Gasteiger partial charge >= 0.3 is 0 Å². The van der Waals surface area contributed by atoms with Gasteiger partial charge in [0.25, 0.3) is 0 Å². The molecule has 28 heavy (non-hydrogen) atoms. The van der Waals surface area contributed by atoms with Gasteiger partial charge in [-0.25, -0.2) is 9.98 Å². The summed E-state index contributed by atoms with van der Waals surface area (Å²) in [6.07, 6.45) is 1.79. The highest BCUT2D eigenvalue weighted by atomic mass is 127. The molecule has 10 heteroatoms. The van der Waals surface area contributed by atoms with Gasteiger partial charge in [0.1, 0.15) is 12.4 Å². The van der Waals surface area contributed by atoms with E-state index in [1.54, 1.807) is 34.4 Å². The van der Waals surface area contributed by atoms with Crippen molar-refractivity contribution in [1.29, 1.82) is 0 Å². The first-order valence-corrected chi connectivity index (χ1v) is 8.98. The van der Waals surface area contributed by atoms with Gasteiger partial charge in [-0.1, -0.05) is 6.07 Å². The number of aromatic nitrogens is 1. The van der Waals surface area contributed by atoms with Crippen LogP contribution in [0.15, 0.2) is 29.4 Å². The van der Waals surface area contributed by atoms with Crippen molar-refractivity contribution in [2.24, 2.45) is 4.99 Å². The van der Waals surface area contributed by atoms with Gasteiger partial charge in [0.2, 0.25) is 11.8 Å². The molecule has 2 heterocycles. The Kier molecular flexibility index (Phi) is 9.97. The van der Waals surface area contributed by atoms with E-state index in [1.165, 1.54) is 9.80 Å². The van der Waals surface area contributed by atoms with Gasteiger partial charge in [0.15, 0.2) is 5.96 Å². The Morgan fingerprint density at radius 2 is 1.71 bits per heavy atom. The van der Waals surface area contributed by atoms with Gasteiger partial charge in [-0.05, 0) is 12.1 Å². The lowest BCUT2D eigenvalue weighted by atomic mass is 10.3. The number of aliphatic imine (C=N–C) groups is 1. The quantitative estimate of drug-likeness (QED) is 0.345. The number of piperazine rings is 1. The summed E-state index contributed by atoms with van der Waals surface area (Å²) in [5.41, 5.74) is 0. The van der Waals surface area contributed by atoms with Crippen molar-refractivity contribution in [2.45, 2.75) is 0 Å². The van der Waals surface area contributed by atoms with Crippen LogP contribution in [0.4, 0.5) is 5.82 Å². The minimum Gasteiger partial charge on any atom is -0.353 e. The third kappa shape index (κ3) is 7.13. The van der Waals surface area contributed by atoms with Crippen LogP contribution in [0.25, 0.3) is 0 Å². The molecule has 156 valence electrons. The van der Waals surface area contributed by atoms with Crippen LogP contribution in [0.2, 0.25) is 0 Å². The van der Waals surface area contributed by atoms with Crippen LogP contribution in [-0.2, 0) is 9.59 Å². The van der Waals surface area contributed by atoms with Crippen molar-refractivity contribution >= 4 is 47.6 Å². The van der Waals surface area contributed by atoms with E-state index in [9.17, 15) is 9.59 Å². The van der Waals surface area contributed by atoms with E-state index in [-0.39, 0.29) is 48.9 Å². The number of carbonyl (C=O) groups excluding carboxylic acids is 2. The predicted octanol–water partition coefficient (Wildman–Crippen LogP) is -0.0564. The summed E-state index contributed by atoms with van der Waals surface area (Å²) in [4.78, 5) is 39.9. The molecule has 1 fully saturated rings. The maximum Gasteiger partial charge on any atom is 0.243 e. The van der Waals surface area contributed by atoms with Gasteiger partial charge in [-0.2, -0.15) is 0 Å². The van der Waals surface area contributed by atoms with Crippen LogP contribution in [0.1, 0.15) is 0 Å². The topological polar surface area (TPSA) is 84.4 Å². The molecular formula is C18H30IN7O2. The molecule has 9 nitrogen and oxygen atoms in total. The summed E-state index contributed by atoms with van der Waals surface area (Å²) in [6.45, 7) is 3.24. The maximum atomic E-state index is 11.9. The van der Waals surface area contributed by atoms with E-state index in [0.29, 0.717) is 5.96 Å². The number of anilines is 1. The third-order valence-electron chi connectivity index (χ3n) is 4.31. The normalized spacial score (nSPS) is 14.2. The Labute approximate surface area is 183 Å². The second kappa shape index (κ2) is 11.7.